The second-order valence-electron chi connectivity index (χ2n) is 7.14. The lowest BCUT2D eigenvalue weighted by atomic mass is 10.1. The fourth-order valence-electron chi connectivity index (χ4n) is 3.58. The molecule has 0 spiro atoms. The first-order chi connectivity index (χ1) is 14.7. The van der Waals surface area contributed by atoms with Crippen molar-refractivity contribution in [3.63, 3.8) is 0 Å². The van der Waals surface area contributed by atoms with Crippen LogP contribution in [0.1, 0.15) is 28.5 Å². The smallest absolute Gasteiger partial charge is 0.279 e. The standard InChI is InChI=1S/C25H23N3O2/c1-2-28-22-16-10-9-15-21(22)24(29)23(26-28)25(30)27(17-19-11-5-3-6-12-19)18-20-13-7-4-8-14-20/h3-16H,2,17-18H2,1H3. The number of aromatic nitrogens is 2. The molecule has 5 nitrogen and oxygen atoms in total. The molecule has 0 unspecified atom stereocenters. The molecule has 0 fully saturated rings. The maximum Gasteiger partial charge on any atom is 0.279 e. The number of carbonyl (C=O) groups excluding carboxylic acids is 1. The van der Waals surface area contributed by atoms with Gasteiger partial charge in [-0.3, -0.25) is 14.3 Å². The Labute approximate surface area is 175 Å². The van der Waals surface area contributed by atoms with Crippen LogP contribution in [0.4, 0.5) is 0 Å². The summed E-state index contributed by atoms with van der Waals surface area (Å²) in [6.45, 7) is 3.31. The van der Waals surface area contributed by atoms with Gasteiger partial charge in [0, 0.05) is 25.0 Å². The largest absolute Gasteiger partial charge is 0.328 e. The number of benzene rings is 3. The lowest BCUT2D eigenvalue weighted by Gasteiger charge is -2.23. The SMILES string of the molecule is CCn1nc(C(=O)N(Cc2ccccc2)Cc2ccccc2)c(=O)c2ccccc21. The average Bonchev–Trinajstić information content (AvgIpc) is 2.80. The van der Waals surface area contributed by atoms with E-state index in [9.17, 15) is 9.59 Å². The van der Waals surface area contributed by atoms with Gasteiger partial charge in [0.25, 0.3) is 5.91 Å². The molecule has 3 aromatic carbocycles. The van der Waals surface area contributed by atoms with Crippen molar-refractivity contribution in [3.8, 4) is 0 Å². The highest BCUT2D eigenvalue weighted by molar-refractivity contribution is 5.95. The second-order valence-corrected chi connectivity index (χ2v) is 7.14. The van der Waals surface area contributed by atoms with E-state index in [1.165, 1.54) is 0 Å². The first kappa shape index (κ1) is 19.6. The number of amides is 1. The summed E-state index contributed by atoms with van der Waals surface area (Å²) in [4.78, 5) is 28.3. The molecule has 0 aliphatic heterocycles. The Morgan fingerprint density at radius 3 is 1.93 bits per heavy atom. The molecule has 0 bridgehead atoms. The van der Waals surface area contributed by atoms with Crippen LogP contribution in [0, 0.1) is 0 Å². The first-order valence-corrected chi connectivity index (χ1v) is 10.0. The fraction of sp³-hybridized carbons (Fsp3) is 0.160. The predicted octanol–water partition coefficient (Wildman–Crippen LogP) is 4.26. The molecule has 0 radical (unpaired) electrons. The van der Waals surface area contributed by atoms with Crippen LogP contribution in [-0.4, -0.2) is 20.6 Å². The van der Waals surface area contributed by atoms with Gasteiger partial charge in [-0.15, -0.1) is 0 Å². The van der Waals surface area contributed by atoms with Crippen LogP contribution in [0.5, 0.6) is 0 Å². The van der Waals surface area contributed by atoms with Gasteiger partial charge in [-0.2, -0.15) is 5.10 Å². The van der Waals surface area contributed by atoms with Crippen LogP contribution < -0.4 is 5.43 Å². The van der Waals surface area contributed by atoms with Crippen molar-refractivity contribution in [1.82, 2.24) is 14.7 Å². The molecule has 150 valence electrons. The summed E-state index contributed by atoms with van der Waals surface area (Å²) >= 11 is 0. The topological polar surface area (TPSA) is 55.2 Å². The third-order valence-electron chi connectivity index (χ3n) is 5.08. The van der Waals surface area contributed by atoms with Crippen molar-refractivity contribution in [1.29, 1.82) is 0 Å². The van der Waals surface area contributed by atoms with Crippen LogP contribution in [0.15, 0.2) is 89.7 Å². The summed E-state index contributed by atoms with van der Waals surface area (Å²) in [6, 6.07) is 26.8. The summed E-state index contributed by atoms with van der Waals surface area (Å²) in [5.41, 5.74) is 2.37. The van der Waals surface area contributed by atoms with E-state index in [1.807, 2.05) is 85.8 Å². The van der Waals surface area contributed by atoms with Crippen molar-refractivity contribution in [2.75, 3.05) is 0 Å². The third-order valence-corrected chi connectivity index (χ3v) is 5.08. The van der Waals surface area contributed by atoms with Gasteiger partial charge in [0.15, 0.2) is 5.69 Å². The van der Waals surface area contributed by atoms with E-state index in [0.29, 0.717) is 25.0 Å². The number of hydrogen-bond donors (Lipinski definition) is 0. The maximum absolute atomic E-state index is 13.5. The summed E-state index contributed by atoms with van der Waals surface area (Å²) in [6.07, 6.45) is 0. The van der Waals surface area contributed by atoms with E-state index in [1.54, 1.807) is 15.6 Å². The minimum absolute atomic E-state index is 0.0394. The van der Waals surface area contributed by atoms with Gasteiger partial charge in [-0.05, 0) is 30.2 Å². The lowest BCUT2D eigenvalue weighted by molar-refractivity contribution is 0.0720. The van der Waals surface area contributed by atoms with Crippen molar-refractivity contribution < 1.29 is 4.79 Å². The Bertz CT molecular complexity index is 1180. The first-order valence-electron chi connectivity index (χ1n) is 10.0. The zero-order valence-electron chi connectivity index (χ0n) is 16.9. The Hall–Kier alpha value is -3.73. The predicted molar refractivity (Wildman–Crippen MR) is 118 cm³/mol. The molecule has 0 aliphatic rings. The van der Waals surface area contributed by atoms with Crippen LogP contribution in [0.25, 0.3) is 10.9 Å². The zero-order chi connectivity index (χ0) is 20.9. The number of aryl methyl sites for hydroxylation is 1. The van der Waals surface area contributed by atoms with E-state index in [4.69, 9.17) is 0 Å². The van der Waals surface area contributed by atoms with Gasteiger partial charge in [0.2, 0.25) is 5.43 Å². The molecule has 0 saturated carbocycles. The summed E-state index contributed by atoms with van der Waals surface area (Å²) in [5.74, 6) is -0.361. The molecule has 1 aromatic heterocycles. The Kier molecular flexibility index (Phi) is 5.70. The molecule has 5 heteroatoms. The van der Waals surface area contributed by atoms with Gasteiger partial charge in [0.05, 0.1) is 5.52 Å². The van der Waals surface area contributed by atoms with Crippen molar-refractivity contribution in [2.24, 2.45) is 0 Å². The molecule has 0 aliphatic carbocycles. The minimum Gasteiger partial charge on any atom is -0.328 e. The zero-order valence-corrected chi connectivity index (χ0v) is 16.9. The molecule has 0 atom stereocenters. The number of rotatable bonds is 6. The summed E-state index contributed by atoms with van der Waals surface area (Å²) in [5, 5.41) is 4.95. The van der Waals surface area contributed by atoms with Gasteiger partial charge in [-0.25, -0.2) is 0 Å². The second kappa shape index (κ2) is 8.74. The van der Waals surface area contributed by atoms with Gasteiger partial charge in [0.1, 0.15) is 0 Å². The number of nitrogens with zero attached hydrogens (tertiary/aromatic N) is 3. The molecule has 30 heavy (non-hydrogen) atoms. The Morgan fingerprint density at radius 2 is 1.37 bits per heavy atom. The van der Waals surface area contributed by atoms with Gasteiger partial charge >= 0.3 is 0 Å². The molecule has 4 rings (SSSR count). The van der Waals surface area contributed by atoms with E-state index in [2.05, 4.69) is 5.10 Å². The Morgan fingerprint density at radius 1 is 0.833 bits per heavy atom. The highest BCUT2D eigenvalue weighted by Crippen LogP contribution is 2.15. The molecule has 1 heterocycles. The highest BCUT2D eigenvalue weighted by atomic mass is 16.2. The van der Waals surface area contributed by atoms with E-state index in [-0.39, 0.29) is 17.0 Å². The van der Waals surface area contributed by atoms with Crippen molar-refractivity contribution >= 4 is 16.8 Å². The third kappa shape index (κ3) is 4.01. The fourth-order valence-corrected chi connectivity index (χ4v) is 3.58. The lowest BCUT2D eigenvalue weighted by Crippen LogP contribution is -2.35. The number of carbonyl (C=O) groups is 1. The molecular formula is C25H23N3O2. The molecule has 0 saturated heterocycles. The maximum atomic E-state index is 13.5. The van der Waals surface area contributed by atoms with Crippen molar-refractivity contribution in [3.05, 3.63) is 112 Å². The molecule has 1 amide bonds. The average molecular weight is 397 g/mol. The van der Waals surface area contributed by atoms with E-state index in [0.717, 1.165) is 16.6 Å². The van der Waals surface area contributed by atoms with E-state index >= 15 is 0 Å². The number of fused-ring (bicyclic) bond motifs is 1. The van der Waals surface area contributed by atoms with Crippen LogP contribution in [-0.2, 0) is 19.6 Å². The molecular weight excluding hydrogens is 374 g/mol. The van der Waals surface area contributed by atoms with Gasteiger partial charge < -0.3 is 4.90 Å². The van der Waals surface area contributed by atoms with Crippen molar-refractivity contribution in [2.45, 2.75) is 26.6 Å². The number of hydrogen-bond acceptors (Lipinski definition) is 3. The quantitative estimate of drug-likeness (QED) is 0.489. The van der Waals surface area contributed by atoms with Crippen LogP contribution in [0.3, 0.4) is 0 Å². The van der Waals surface area contributed by atoms with Crippen LogP contribution in [0.2, 0.25) is 0 Å². The van der Waals surface area contributed by atoms with Crippen LogP contribution >= 0.6 is 0 Å². The number of para-hydroxylation sites is 1. The normalized spacial score (nSPS) is 10.8. The molecule has 4 aromatic rings. The molecule has 0 N–H and O–H groups in total. The van der Waals surface area contributed by atoms with Gasteiger partial charge in [-0.1, -0.05) is 72.8 Å². The summed E-state index contributed by atoms with van der Waals surface area (Å²) in [7, 11) is 0. The minimum atomic E-state index is -0.361. The highest BCUT2D eigenvalue weighted by Gasteiger charge is 2.23. The van der Waals surface area contributed by atoms with E-state index < -0.39 is 0 Å². The summed E-state index contributed by atoms with van der Waals surface area (Å²) < 4.78 is 1.72. The Balaban J connectivity index is 1.77. The monoisotopic (exact) mass is 397 g/mol.